The third-order valence-electron chi connectivity index (χ3n) is 1.17. The van der Waals surface area contributed by atoms with E-state index in [2.05, 4.69) is 24.3 Å². The van der Waals surface area contributed by atoms with E-state index < -0.39 is 0 Å². The number of halogens is 2. The Morgan fingerprint density at radius 3 is 1.19 bits per heavy atom. The van der Waals surface area contributed by atoms with Crippen LogP contribution in [0.5, 0.6) is 0 Å². The van der Waals surface area contributed by atoms with Crippen LogP contribution in [0.15, 0.2) is 36.5 Å². The van der Waals surface area contributed by atoms with E-state index in [0.29, 0.717) is 0 Å². The summed E-state index contributed by atoms with van der Waals surface area (Å²) >= 11 is 3.14. The van der Waals surface area contributed by atoms with E-state index in [1.165, 1.54) is 12.1 Å². The first-order valence-electron chi connectivity index (χ1n) is 3.79. The fourth-order valence-electron chi connectivity index (χ4n) is 0.680. The first-order chi connectivity index (χ1) is 6.00. The predicted molar refractivity (Wildman–Crippen MR) is 79.0 cm³/mol. The van der Waals surface area contributed by atoms with Crippen LogP contribution in [0.1, 0.15) is 12.8 Å². The third-order valence-corrected chi connectivity index (χ3v) is 1.17. The van der Waals surface area contributed by atoms with Crippen LogP contribution in [-0.2, 0) is 21.6 Å². The summed E-state index contributed by atoms with van der Waals surface area (Å²) in [6.45, 7) is 0. The molecule has 0 spiro atoms. The monoisotopic (exact) mass is 398 g/mol. The average molecular weight is 399 g/mol. The molecule has 0 heterocycles. The summed E-state index contributed by atoms with van der Waals surface area (Å²) in [6, 6.07) is 0. The topological polar surface area (TPSA) is 0 Å². The van der Waals surface area contributed by atoms with Crippen molar-refractivity contribution < 1.29 is 21.6 Å². The summed E-state index contributed by atoms with van der Waals surface area (Å²) in [6.07, 6.45) is 20.0. The Hall–Kier alpha value is 0.966. The van der Waals surface area contributed by atoms with Crippen LogP contribution in [0.3, 0.4) is 0 Å². The van der Waals surface area contributed by atoms with Crippen molar-refractivity contribution in [3.8, 4) is 0 Å². The molecule has 0 aliphatic heterocycles. The van der Waals surface area contributed by atoms with E-state index in [4.69, 9.17) is 0 Å². The van der Waals surface area contributed by atoms with Crippen molar-refractivity contribution >= 4 is 37.0 Å². The summed E-state index contributed by atoms with van der Waals surface area (Å²) < 4.78 is 0. The Labute approximate surface area is 134 Å². The van der Waals surface area contributed by atoms with Gasteiger partial charge in [0, 0.05) is 0 Å². The van der Waals surface area contributed by atoms with Crippen LogP contribution < -0.4 is 0 Å². The van der Waals surface area contributed by atoms with E-state index in [-0.39, 0.29) is 39.7 Å². The van der Waals surface area contributed by atoms with Crippen molar-refractivity contribution in [1.82, 2.24) is 0 Å². The minimum atomic E-state index is 0. The standard InChI is InChI=1S/2C5H5.2CH3.2ClH.GeH2.Zr/c2*1-2-4-5-3-1;;;;;;/h2*1-3H,4H2;2*1H3;2*1H;1H2;/q4*-1;;;;. The summed E-state index contributed by atoms with van der Waals surface area (Å²) in [5.41, 5.74) is 0. The van der Waals surface area contributed by atoms with Gasteiger partial charge in [-0.3, -0.25) is 12.2 Å². The summed E-state index contributed by atoms with van der Waals surface area (Å²) in [5, 5.41) is 0. The summed E-state index contributed by atoms with van der Waals surface area (Å²) in [4.78, 5) is 0. The molecular weight excluding hydrogens is 379 g/mol. The van der Waals surface area contributed by atoms with Gasteiger partial charge in [0.2, 0.25) is 0 Å². The molecule has 0 nitrogen and oxygen atoms in total. The molecule has 0 saturated heterocycles. The van der Waals surface area contributed by atoms with Gasteiger partial charge >= 0.3 is 33.7 Å². The molecule has 2 aliphatic rings. The number of hydrogen-bond acceptors (Lipinski definition) is 0. The van der Waals surface area contributed by atoms with Gasteiger partial charge in [0.05, 0.1) is 0 Å². The molecular formula is C12H20Cl2GeZr-4. The molecule has 2 rings (SSSR count). The molecule has 0 aromatic carbocycles. The minimum absolute atomic E-state index is 0. The molecule has 0 bridgehead atoms. The Morgan fingerprint density at radius 2 is 1.12 bits per heavy atom. The van der Waals surface area contributed by atoms with Crippen LogP contribution in [0.2, 0.25) is 0 Å². The summed E-state index contributed by atoms with van der Waals surface area (Å²) in [7, 11) is 0. The van der Waals surface area contributed by atoms with E-state index in [1.54, 1.807) is 21.6 Å². The van der Waals surface area contributed by atoms with Gasteiger partial charge in [-0.25, -0.2) is 24.3 Å². The molecule has 16 heavy (non-hydrogen) atoms. The van der Waals surface area contributed by atoms with E-state index in [0.717, 1.165) is 12.8 Å². The second-order valence-corrected chi connectivity index (χ2v) is 2.01. The fourth-order valence-corrected chi connectivity index (χ4v) is 0.680. The molecule has 4 heteroatoms. The van der Waals surface area contributed by atoms with Gasteiger partial charge in [0.1, 0.15) is 0 Å². The van der Waals surface area contributed by atoms with Crippen molar-refractivity contribution in [2.75, 3.05) is 0 Å². The van der Waals surface area contributed by atoms with Crippen molar-refractivity contribution in [3.63, 3.8) is 0 Å². The maximum absolute atomic E-state index is 2.99. The van der Waals surface area contributed by atoms with E-state index in [1.807, 2.05) is 24.3 Å². The van der Waals surface area contributed by atoms with Gasteiger partial charge < -0.3 is 14.9 Å². The SMILES string of the molecule is Cl.Cl.[C-]1=CC=CC1.[C-]1=CC=CC1.[CH3-].[CH3-].[GeH2]=[Zr]. The van der Waals surface area contributed by atoms with Crippen LogP contribution >= 0.6 is 24.8 Å². The van der Waals surface area contributed by atoms with Crippen molar-refractivity contribution in [2.24, 2.45) is 0 Å². The molecule has 0 aromatic heterocycles. The normalized spacial score (nSPS) is 11.2. The van der Waals surface area contributed by atoms with Crippen LogP contribution in [0, 0.1) is 27.0 Å². The molecule has 0 fully saturated rings. The average Bonchev–Trinajstić information content (AvgIpc) is 2.87. The third kappa shape index (κ3) is 24.3. The number of rotatable bonds is 0. The van der Waals surface area contributed by atoms with Gasteiger partial charge in [0.15, 0.2) is 0 Å². The summed E-state index contributed by atoms with van der Waals surface area (Å²) in [5.74, 6) is 0. The van der Waals surface area contributed by atoms with Crippen LogP contribution in [0.25, 0.3) is 0 Å². The van der Waals surface area contributed by atoms with Gasteiger partial charge in [-0.05, 0) is 0 Å². The predicted octanol–water partition coefficient (Wildman–Crippen LogP) is 3.44. The zero-order valence-electron chi connectivity index (χ0n) is 9.90. The quantitative estimate of drug-likeness (QED) is 0.433. The second kappa shape index (κ2) is 29.7. The zero-order valence-corrected chi connectivity index (χ0v) is 17.0. The molecule has 0 amide bonds. The first-order valence-corrected chi connectivity index (χ1v) is 14.3. The Kier molecular flexibility index (Phi) is 56.1. The zero-order chi connectivity index (χ0) is 9.07. The maximum atomic E-state index is 2.99. The van der Waals surface area contributed by atoms with Gasteiger partial charge in [-0.2, -0.15) is 12.2 Å². The first kappa shape index (κ1) is 30.2. The molecule has 0 N–H and O–H groups in total. The molecule has 0 unspecified atom stereocenters. The van der Waals surface area contributed by atoms with Gasteiger partial charge in [-0.1, -0.05) is 0 Å². The van der Waals surface area contributed by atoms with Crippen molar-refractivity contribution in [2.45, 2.75) is 12.8 Å². The van der Waals surface area contributed by atoms with E-state index >= 15 is 0 Å². The molecule has 0 radical (unpaired) electrons. The Morgan fingerprint density at radius 1 is 0.812 bits per heavy atom. The van der Waals surface area contributed by atoms with Crippen molar-refractivity contribution in [3.05, 3.63) is 63.5 Å². The Balaban J connectivity index is -0.0000000360. The number of allylic oxidation sites excluding steroid dienone is 8. The van der Waals surface area contributed by atoms with Gasteiger partial charge in [-0.15, -0.1) is 37.7 Å². The van der Waals surface area contributed by atoms with Crippen LogP contribution in [0.4, 0.5) is 0 Å². The van der Waals surface area contributed by atoms with Crippen LogP contribution in [-0.4, -0.2) is 12.1 Å². The molecule has 94 valence electrons. The second-order valence-electron chi connectivity index (χ2n) is 2.01. The molecule has 0 saturated carbocycles. The molecule has 2 aliphatic carbocycles. The van der Waals surface area contributed by atoms with Crippen molar-refractivity contribution in [1.29, 1.82) is 0 Å². The fraction of sp³-hybridized carbons (Fsp3) is 0.167. The van der Waals surface area contributed by atoms with E-state index in [9.17, 15) is 0 Å². The Bertz CT molecular complexity index is 169. The number of hydrogen-bond donors (Lipinski definition) is 0. The molecule has 0 atom stereocenters. The molecule has 0 aromatic rings. The van der Waals surface area contributed by atoms with Gasteiger partial charge in [0.25, 0.3) is 0 Å².